The van der Waals surface area contributed by atoms with Gasteiger partial charge in [-0.25, -0.2) is 41.8 Å². The molecule has 6 heterocycles. The van der Waals surface area contributed by atoms with E-state index in [-0.39, 0.29) is 66.1 Å². The molecule has 73 heavy (non-hydrogen) atoms. The van der Waals surface area contributed by atoms with Crippen molar-refractivity contribution >= 4 is 57.1 Å². The number of hydrogen-bond acceptors (Lipinski definition) is 12. The molecule has 0 radical (unpaired) electrons. The minimum Gasteiger partial charge on any atom is -0.408 e. The average molecular weight is 995 g/mol. The van der Waals surface area contributed by atoms with Crippen molar-refractivity contribution in [1.82, 2.24) is 59.6 Å². The maximum absolute atomic E-state index is 14.3. The van der Waals surface area contributed by atoms with Crippen LogP contribution in [0.15, 0.2) is 122 Å². The van der Waals surface area contributed by atoms with E-state index < -0.39 is 46.8 Å². The summed E-state index contributed by atoms with van der Waals surface area (Å²) < 4.78 is 57.1. The monoisotopic (exact) mass is 994 g/mol. The van der Waals surface area contributed by atoms with Gasteiger partial charge in [-0.3, -0.25) is 28.3 Å². The van der Waals surface area contributed by atoms with Crippen molar-refractivity contribution in [3.8, 4) is 0 Å². The van der Waals surface area contributed by atoms with Gasteiger partial charge in [0.1, 0.15) is 28.6 Å². The summed E-state index contributed by atoms with van der Waals surface area (Å²) in [6.45, 7) is 4.08. The summed E-state index contributed by atoms with van der Waals surface area (Å²) in [6, 6.07) is 24.6. The number of hydrogen-bond donors (Lipinski definition) is 4. The zero-order valence-electron chi connectivity index (χ0n) is 39.1. The Morgan fingerprint density at radius 2 is 0.904 bits per heavy atom. The molecule has 0 spiro atoms. The van der Waals surface area contributed by atoms with Crippen LogP contribution in [0.4, 0.5) is 13.2 Å². The fraction of sp³-hybridized carbons (Fsp3) is 0.160. The number of halogens is 3. The third kappa shape index (κ3) is 10.2. The van der Waals surface area contributed by atoms with E-state index in [0.29, 0.717) is 44.5 Å². The standard InChI is InChI=1S/C25H20F2N6O4.C25H21FN6O4/c1-13-7-14(3-5-16(13)26)10-29-24(35)20-9-18(31-22-17(27)12-30-33(20)22)23(34)28-11-15-4-6-21-19(8-15)32(2)25(36)37-21;1-14-3-5-15(6-4-14)11-28-24(34)20-10-18(30-22-17(26)13-29-32(20)22)23(33)27-12-16-7-8-21-19(9-16)31(2)25(35)36-21/h3-9,12H,10-11H2,1-2H3,(H,28,34)(H,29,35);3-10,13H,11-12H2,1-2H3,(H,27,33)(H,28,34). The molecule has 20 nitrogen and oxygen atoms in total. The van der Waals surface area contributed by atoms with Crippen molar-refractivity contribution in [2.75, 3.05) is 0 Å². The molecule has 0 saturated heterocycles. The molecule has 0 saturated carbocycles. The average Bonchev–Trinajstić information content (AvgIpc) is 4.13. The minimum atomic E-state index is -0.802. The number of rotatable bonds is 12. The Labute approximate surface area is 409 Å². The second-order valence-corrected chi connectivity index (χ2v) is 16.8. The summed E-state index contributed by atoms with van der Waals surface area (Å²) in [4.78, 5) is 83.1. The van der Waals surface area contributed by atoms with Crippen LogP contribution in [0.5, 0.6) is 0 Å². The molecule has 4 amide bonds. The lowest BCUT2D eigenvalue weighted by Gasteiger charge is -2.10. The van der Waals surface area contributed by atoms with E-state index in [9.17, 15) is 41.9 Å². The van der Waals surface area contributed by atoms with Crippen molar-refractivity contribution in [3.05, 3.63) is 198 Å². The van der Waals surface area contributed by atoms with Crippen LogP contribution in [-0.4, -0.2) is 62.0 Å². The summed E-state index contributed by atoms with van der Waals surface area (Å²) >= 11 is 0. The normalized spacial score (nSPS) is 11.2. The first-order chi connectivity index (χ1) is 35.0. The summed E-state index contributed by atoms with van der Waals surface area (Å²) in [5.74, 6) is -5.32. The Hall–Kier alpha value is -9.67. The van der Waals surface area contributed by atoms with Crippen molar-refractivity contribution < 1.29 is 41.2 Å². The number of carbonyl (C=O) groups excluding carboxylic acids is 4. The highest BCUT2D eigenvalue weighted by atomic mass is 19.1. The van der Waals surface area contributed by atoms with Crippen LogP contribution >= 0.6 is 0 Å². The van der Waals surface area contributed by atoms with E-state index in [1.165, 1.54) is 33.4 Å². The molecule has 10 aromatic rings. The number of aryl methyl sites for hydroxylation is 4. The van der Waals surface area contributed by atoms with E-state index in [1.807, 2.05) is 31.2 Å². The molecule has 0 unspecified atom stereocenters. The first-order valence-electron chi connectivity index (χ1n) is 22.2. The molecule has 10 rings (SSSR count). The van der Waals surface area contributed by atoms with Gasteiger partial charge in [0.05, 0.1) is 23.4 Å². The van der Waals surface area contributed by atoms with Gasteiger partial charge in [0.25, 0.3) is 23.6 Å². The molecule has 4 aromatic carbocycles. The Morgan fingerprint density at radius 1 is 0.507 bits per heavy atom. The molecule has 0 aliphatic rings. The molecular weight excluding hydrogens is 954 g/mol. The Kier molecular flexibility index (Phi) is 13.2. The number of amides is 4. The summed E-state index contributed by atoms with van der Waals surface area (Å²) in [5, 5.41) is 18.6. The van der Waals surface area contributed by atoms with Gasteiger partial charge >= 0.3 is 11.5 Å². The summed E-state index contributed by atoms with van der Waals surface area (Å²) in [5.41, 5.74) is 5.47. The van der Waals surface area contributed by atoms with Gasteiger partial charge in [-0.05, 0) is 72.0 Å². The van der Waals surface area contributed by atoms with Gasteiger partial charge < -0.3 is 30.1 Å². The number of fused-ring (bicyclic) bond motifs is 4. The lowest BCUT2D eigenvalue weighted by Crippen LogP contribution is -2.28. The number of nitrogens with one attached hydrogen (secondary N) is 4. The Balaban J connectivity index is 0.000000180. The molecular formula is C50H41F3N12O8. The smallest absolute Gasteiger partial charge is 0.408 e. The van der Waals surface area contributed by atoms with Crippen LogP contribution in [0.3, 0.4) is 0 Å². The lowest BCUT2D eigenvalue weighted by atomic mass is 10.1. The van der Waals surface area contributed by atoms with Gasteiger partial charge in [0.15, 0.2) is 34.1 Å². The summed E-state index contributed by atoms with van der Waals surface area (Å²) in [6.07, 6.45) is 1.83. The number of benzene rings is 4. The van der Waals surface area contributed by atoms with Crippen molar-refractivity contribution in [1.29, 1.82) is 0 Å². The van der Waals surface area contributed by atoms with Gasteiger partial charge in [-0.2, -0.15) is 10.2 Å². The van der Waals surface area contributed by atoms with Crippen LogP contribution in [0.25, 0.3) is 33.5 Å². The molecule has 23 heteroatoms. The fourth-order valence-electron chi connectivity index (χ4n) is 7.61. The number of aromatic nitrogens is 8. The molecule has 0 fully saturated rings. The van der Waals surface area contributed by atoms with E-state index >= 15 is 0 Å². The second kappa shape index (κ2) is 20.0. The van der Waals surface area contributed by atoms with Gasteiger partial charge in [0.2, 0.25) is 0 Å². The largest absolute Gasteiger partial charge is 0.419 e. The molecule has 0 aliphatic heterocycles. The quantitative estimate of drug-likeness (QED) is 0.125. The maximum atomic E-state index is 14.3. The Bertz CT molecular complexity index is 3950. The number of carbonyl (C=O) groups is 4. The van der Waals surface area contributed by atoms with Crippen LogP contribution in [0, 0.1) is 31.3 Å². The van der Waals surface area contributed by atoms with E-state index in [1.54, 1.807) is 63.5 Å². The molecule has 6 aromatic heterocycles. The van der Waals surface area contributed by atoms with E-state index in [4.69, 9.17) is 8.83 Å². The molecule has 370 valence electrons. The van der Waals surface area contributed by atoms with Crippen LogP contribution < -0.4 is 32.8 Å². The minimum absolute atomic E-state index is 0.0315. The number of oxazole rings is 2. The maximum Gasteiger partial charge on any atom is 0.419 e. The third-order valence-electron chi connectivity index (χ3n) is 11.7. The van der Waals surface area contributed by atoms with Crippen LogP contribution in [0.2, 0.25) is 0 Å². The zero-order chi connectivity index (χ0) is 51.7. The lowest BCUT2D eigenvalue weighted by molar-refractivity contribution is 0.0927. The van der Waals surface area contributed by atoms with Crippen LogP contribution in [0.1, 0.15) is 75.3 Å². The first-order valence-corrected chi connectivity index (χ1v) is 22.2. The SMILES string of the molecule is Cc1cc(CNC(=O)c2cc(C(=O)NCc3ccc4oc(=O)n(C)c4c3)nc3c(F)cnn23)ccc1F.Cc1ccc(CNC(=O)c2cc(C(=O)NCc3ccc4oc(=O)n(C)c4c3)nc3c(F)cnn23)cc1. The predicted octanol–water partition coefficient (Wildman–Crippen LogP) is 5.10. The third-order valence-corrected chi connectivity index (χ3v) is 11.7. The molecule has 0 aliphatic carbocycles. The van der Waals surface area contributed by atoms with Crippen molar-refractivity contribution in [2.45, 2.75) is 40.0 Å². The van der Waals surface area contributed by atoms with Gasteiger partial charge in [0, 0.05) is 52.4 Å². The fourth-order valence-corrected chi connectivity index (χ4v) is 7.61. The number of nitrogens with zero attached hydrogens (tertiary/aromatic N) is 8. The van der Waals surface area contributed by atoms with E-state index in [0.717, 1.165) is 32.6 Å². The topological polar surface area (TPSA) is 247 Å². The van der Waals surface area contributed by atoms with Crippen LogP contribution in [-0.2, 0) is 40.3 Å². The van der Waals surface area contributed by atoms with Gasteiger partial charge in [-0.1, -0.05) is 54.1 Å². The zero-order valence-corrected chi connectivity index (χ0v) is 39.1. The Morgan fingerprint density at radius 3 is 1.36 bits per heavy atom. The van der Waals surface area contributed by atoms with Crippen molar-refractivity contribution in [3.63, 3.8) is 0 Å². The molecule has 0 atom stereocenters. The van der Waals surface area contributed by atoms with E-state index in [2.05, 4.69) is 41.4 Å². The highest BCUT2D eigenvalue weighted by Crippen LogP contribution is 2.18. The second-order valence-electron chi connectivity index (χ2n) is 16.8. The highest BCUT2D eigenvalue weighted by molar-refractivity contribution is 5.99. The molecule has 0 bridgehead atoms. The van der Waals surface area contributed by atoms with Gasteiger partial charge in [-0.15, -0.1) is 0 Å². The summed E-state index contributed by atoms with van der Waals surface area (Å²) in [7, 11) is 3.15. The van der Waals surface area contributed by atoms with Crippen molar-refractivity contribution in [2.24, 2.45) is 14.1 Å². The predicted molar refractivity (Wildman–Crippen MR) is 256 cm³/mol. The highest BCUT2D eigenvalue weighted by Gasteiger charge is 2.22. The molecule has 4 N–H and O–H groups in total. The first kappa shape index (κ1) is 48.4.